The monoisotopic (exact) mass is 196 g/mol. The van der Waals surface area contributed by atoms with Crippen LogP contribution in [0.25, 0.3) is 0 Å². The van der Waals surface area contributed by atoms with Crippen molar-refractivity contribution in [3.8, 4) is 0 Å². The topological polar surface area (TPSA) is 0 Å². The maximum atomic E-state index is 5.95. The quantitative estimate of drug-likeness (QED) is 0.632. The normalized spacial score (nSPS) is 11.8. The van der Waals surface area contributed by atoms with Gasteiger partial charge in [-0.15, -0.1) is 0 Å². The average Bonchev–Trinajstić information content (AvgIpc) is 2.01. The first kappa shape index (κ1) is 10.6. The number of hydrogen-bond acceptors (Lipinski definition) is 0. The lowest BCUT2D eigenvalue weighted by Crippen LogP contribution is -2.13. The minimum atomic E-state index is 0.218. The molecule has 72 valence electrons. The van der Waals surface area contributed by atoms with Crippen LogP contribution in [0.1, 0.15) is 38.8 Å². The molecule has 1 heteroatoms. The van der Waals surface area contributed by atoms with Crippen molar-refractivity contribution in [1.29, 1.82) is 0 Å². The van der Waals surface area contributed by atoms with Crippen molar-refractivity contribution in [2.45, 2.75) is 39.5 Å². The molecule has 0 aliphatic carbocycles. The molecular weight excluding hydrogens is 180 g/mol. The van der Waals surface area contributed by atoms with Gasteiger partial charge in [-0.2, -0.15) is 0 Å². The van der Waals surface area contributed by atoms with Gasteiger partial charge in [-0.25, -0.2) is 0 Å². The van der Waals surface area contributed by atoms with Crippen molar-refractivity contribution in [3.05, 3.63) is 34.3 Å². The van der Waals surface area contributed by atoms with E-state index in [0.717, 1.165) is 11.4 Å². The largest absolute Gasteiger partial charge is 0.0843 e. The molecule has 1 rings (SSSR count). The van der Waals surface area contributed by atoms with Crippen molar-refractivity contribution < 1.29 is 0 Å². The number of hydrogen-bond donors (Lipinski definition) is 0. The van der Waals surface area contributed by atoms with Crippen LogP contribution in [-0.2, 0) is 11.8 Å². The van der Waals surface area contributed by atoms with Gasteiger partial charge in [-0.1, -0.05) is 45.4 Å². The fourth-order valence-electron chi connectivity index (χ4n) is 1.59. The van der Waals surface area contributed by atoms with E-state index >= 15 is 0 Å². The Labute approximate surface area is 85.9 Å². The Bertz CT molecular complexity index is 294. The standard InChI is InChI=1S/C12H17Cl/c1-5-9-8-10(13)6-7-11(9)12(2,3)4/h6-8H,5H2,1-4H3. The molecule has 0 atom stereocenters. The van der Waals surface area contributed by atoms with Gasteiger partial charge in [0.2, 0.25) is 0 Å². The smallest absolute Gasteiger partial charge is 0.0408 e. The van der Waals surface area contributed by atoms with Crippen molar-refractivity contribution in [3.63, 3.8) is 0 Å². The molecule has 0 aromatic heterocycles. The van der Waals surface area contributed by atoms with Gasteiger partial charge >= 0.3 is 0 Å². The second-order valence-corrected chi connectivity index (χ2v) is 4.84. The number of aryl methyl sites for hydroxylation is 1. The summed E-state index contributed by atoms with van der Waals surface area (Å²) in [5, 5.41) is 0.838. The molecule has 0 spiro atoms. The van der Waals surface area contributed by atoms with Crippen LogP contribution < -0.4 is 0 Å². The van der Waals surface area contributed by atoms with Crippen molar-refractivity contribution in [2.24, 2.45) is 0 Å². The molecule has 0 aliphatic rings. The summed E-state index contributed by atoms with van der Waals surface area (Å²) in [6.07, 6.45) is 1.05. The lowest BCUT2D eigenvalue weighted by molar-refractivity contribution is 0.583. The van der Waals surface area contributed by atoms with Gasteiger partial charge in [-0.3, -0.25) is 0 Å². The van der Waals surface area contributed by atoms with Gasteiger partial charge in [0.25, 0.3) is 0 Å². The summed E-state index contributed by atoms with van der Waals surface area (Å²) in [6.45, 7) is 8.86. The highest BCUT2D eigenvalue weighted by atomic mass is 35.5. The summed E-state index contributed by atoms with van der Waals surface area (Å²) >= 11 is 5.95. The van der Waals surface area contributed by atoms with E-state index in [0.29, 0.717) is 0 Å². The second-order valence-electron chi connectivity index (χ2n) is 4.41. The minimum absolute atomic E-state index is 0.218. The Kier molecular flexibility index (Phi) is 3.02. The van der Waals surface area contributed by atoms with Crippen LogP contribution in [0.3, 0.4) is 0 Å². The van der Waals surface area contributed by atoms with E-state index in [4.69, 9.17) is 11.6 Å². The zero-order chi connectivity index (χ0) is 10.1. The molecule has 0 N–H and O–H groups in total. The Hall–Kier alpha value is -0.490. The van der Waals surface area contributed by atoms with E-state index in [1.54, 1.807) is 0 Å². The molecule has 0 saturated heterocycles. The number of rotatable bonds is 1. The summed E-state index contributed by atoms with van der Waals surface area (Å²) in [5.41, 5.74) is 2.98. The molecule has 0 unspecified atom stereocenters. The van der Waals surface area contributed by atoms with E-state index < -0.39 is 0 Å². The fourth-order valence-corrected chi connectivity index (χ4v) is 1.78. The van der Waals surface area contributed by atoms with Gasteiger partial charge < -0.3 is 0 Å². The maximum Gasteiger partial charge on any atom is 0.0408 e. The van der Waals surface area contributed by atoms with Crippen LogP contribution in [0, 0.1) is 0 Å². The third-order valence-corrected chi connectivity index (χ3v) is 2.49. The van der Waals surface area contributed by atoms with E-state index in [1.807, 2.05) is 6.07 Å². The highest BCUT2D eigenvalue weighted by molar-refractivity contribution is 6.30. The lowest BCUT2D eigenvalue weighted by atomic mass is 9.83. The van der Waals surface area contributed by atoms with Crippen molar-refractivity contribution in [1.82, 2.24) is 0 Å². The van der Waals surface area contributed by atoms with E-state index in [1.165, 1.54) is 11.1 Å². The first-order valence-electron chi connectivity index (χ1n) is 4.74. The molecule has 0 saturated carbocycles. The molecule has 1 aromatic carbocycles. The van der Waals surface area contributed by atoms with Gasteiger partial charge in [-0.05, 0) is 35.1 Å². The van der Waals surface area contributed by atoms with Gasteiger partial charge in [0, 0.05) is 5.02 Å². The predicted octanol–water partition coefficient (Wildman–Crippen LogP) is 4.20. The van der Waals surface area contributed by atoms with Crippen LogP contribution in [0.5, 0.6) is 0 Å². The Morgan fingerprint density at radius 1 is 1.23 bits per heavy atom. The average molecular weight is 197 g/mol. The molecule has 13 heavy (non-hydrogen) atoms. The lowest BCUT2D eigenvalue weighted by Gasteiger charge is -2.22. The number of halogens is 1. The molecule has 0 fully saturated rings. The molecule has 0 nitrogen and oxygen atoms in total. The Balaban J connectivity index is 3.22. The molecule has 0 heterocycles. The van der Waals surface area contributed by atoms with Gasteiger partial charge in [0.15, 0.2) is 0 Å². The van der Waals surface area contributed by atoms with Crippen LogP contribution in [0.4, 0.5) is 0 Å². The van der Waals surface area contributed by atoms with Gasteiger partial charge in [0.1, 0.15) is 0 Å². The van der Waals surface area contributed by atoms with Crippen LogP contribution in [0.15, 0.2) is 18.2 Å². The second kappa shape index (κ2) is 3.71. The number of benzene rings is 1. The zero-order valence-corrected chi connectivity index (χ0v) is 9.57. The van der Waals surface area contributed by atoms with Crippen molar-refractivity contribution >= 4 is 11.6 Å². The summed E-state index contributed by atoms with van der Waals surface area (Å²) in [5.74, 6) is 0. The summed E-state index contributed by atoms with van der Waals surface area (Å²) in [4.78, 5) is 0. The van der Waals surface area contributed by atoms with Crippen LogP contribution >= 0.6 is 11.6 Å². The third kappa shape index (κ3) is 2.47. The third-order valence-electron chi connectivity index (χ3n) is 2.26. The summed E-state index contributed by atoms with van der Waals surface area (Å²) in [7, 11) is 0. The highest BCUT2D eigenvalue weighted by Crippen LogP contribution is 2.28. The first-order valence-corrected chi connectivity index (χ1v) is 5.12. The van der Waals surface area contributed by atoms with E-state index in [9.17, 15) is 0 Å². The molecule has 0 aliphatic heterocycles. The SMILES string of the molecule is CCc1cc(Cl)ccc1C(C)(C)C. The molecular formula is C12H17Cl. The minimum Gasteiger partial charge on any atom is -0.0843 e. The maximum absolute atomic E-state index is 5.95. The molecule has 0 amide bonds. The van der Waals surface area contributed by atoms with Crippen LogP contribution in [0.2, 0.25) is 5.02 Å². The Morgan fingerprint density at radius 3 is 2.31 bits per heavy atom. The zero-order valence-electron chi connectivity index (χ0n) is 8.82. The summed E-state index contributed by atoms with van der Waals surface area (Å²) in [6, 6.07) is 6.19. The molecule has 1 aromatic rings. The Morgan fingerprint density at radius 2 is 1.85 bits per heavy atom. The van der Waals surface area contributed by atoms with Gasteiger partial charge in [0.05, 0.1) is 0 Å². The van der Waals surface area contributed by atoms with E-state index in [-0.39, 0.29) is 5.41 Å². The molecule has 0 bridgehead atoms. The van der Waals surface area contributed by atoms with Crippen LogP contribution in [-0.4, -0.2) is 0 Å². The summed E-state index contributed by atoms with van der Waals surface area (Å²) < 4.78 is 0. The van der Waals surface area contributed by atoms with Crippen molar-refractivity contribution in [2.75, 3.05) is 0 Å². The predicted molar refractivity (Wildman–Crippen MR) is 59.5 cm³/mol. The fraction of sp³-hybridized carbons (Fsp3) is 0.500. The molecule has 0 radical (unpaired) electrons. The van der Waals surface area contributed by atoms with E-state index in [2.05, 4.69) is 39.8 Å². The first-order chi connectivity index (χ1) is 5.95. The highest BCUT2D eigenvalue weighted by Gasteiger charge is 2.16.